The van der Waals surface area contributed by atoms with Gasteiger partial charge in [0.15, 0.2) is 11.8 Å². The lowest BCUT2D eigenvalue weighted by Crippen LogP contribution is -2.38. The Morgan fingerprint density at radius 3 is 2.95 bits per heavy atom. The molecule has 1 aliphatic rings. The van der Waals surface area contributed by atoms with Crippen molar-refractivity contribution in [3.63, 3.8) is 0 Å². The normalized spacial score (nSPS) is 15.0. The highest BCUT2D eigenvalue weighted by Crippen LogP contribution is 2.13. The lowest BCUT2D eigenvalue weighted by Gasteiger charge is -2.16. The van der Waals surface area contributed by atoms with Crippen molar-refractivity contribution in [2.24, 2.45) is 4.99 Å². The van der Waals surface area contributed by atoms with Gasteiger partial charge in [0.25, 0.3) is 0 Å². The van der Waals surface area contributed by atoms with Gasteiger partial charge in [-0.1, -0.05) is 19.8 Å². The molecular formula is C14H26N6. The van der Waals surface area contributed by atoms with Gasteiger partial charge in [-0.3, -0.25) is 4.99 Å². The molecule has 0 bridgehead atoms. The smallest absolute Gasteiger partial charge is 0.191 e. The Labute approximate surface area is 121 Å². The zero-order valence-electron chi connectivity index (χ0n) is 12.7. The number of guanidine groups is 1. The van der Waals surface area contributed by atoms with Gasteiger partial charge in [0.2, 0.25) is 0 Å². The molecule has 0 amide bonds. The van der Waals surface area contributed by atoms with Crippen LogP contribution in [0, 0.1) is 0 Å². The monoisotopic (exact) mass is 278 g/mol. The molecule has 0 atom stereocenters. The molecule has 2 rings (SSSR count). The Kier molecular flexibility index (Phi) is 5.83. The molecule has 2 N–H and O–H groups in total. The average molecular weight is 278 g/mol. The van der Waals surface area contributed by atoms with Crippen LogP contribution in [-0.2, 0) is 19.5 Å². The van der Waals surface area contributed by atoms with Crippen LogP contribution < -0.4 is 10.6 Å². The summed E-state index contributed by atoms with van der Waals surface area (Å²) in [5, 5.41) is 15.2. The highest BCUT2D eigenvalue weighted by Gasteiger charge is 2.15. The van der Waals surface area contributed by atoms with Crippen molar-refractivity contribution in [1.29, 1.82) is 0 Å². The third-order valence-corrected chi connectivity index (χ3v) is 3.65. The van der Waals surface area contributed by atoms with Gasteiger partial charge in [-0.2, -0.15) is 0 Å². The van der Waals surface area contributed by atoms with E-state index in [1.807, 2.05) is 0 Å². The molecule has 20 heavy (non-hydrogen) atoms. The van der Waals surface area contributed by atoms with Gasteiger partial charge in [0, 0.05) is 26.6 Å². The molecule has 0 saturated carbocycles. The SMILES string of the molecule is CCCCCNC(=NC)NCc1nnc2n1CCCC2. The van der Waals surface area contributed by atoms with Crippen LogP contribution in [0.25, 0.3) is 0 Å². The lowest BCUT2D eigenvalue weighted by molar-refractivity contribution is 0.504. The Hall–Kier alpha value is -1.59. The highest BCUT2D eigenvalue weighted by atomic mass is 15.3. The highest BCUT2D eigenvalue weighted by molar-refractivity contribution is 5.79. The number of nitrogens with zero attached hydrogens (tertiary/aromatic N) is 4. The van der Waals surface area contributed by atoms with Crippen LogP contribution in [0.3, 0.4) is 0 Å². The first-order valence-electron chi connectivity index (χ1n) is 7.70. The van der Waals surface area contributed by atoms with Crippen molar-refractivity contribution in [3.05, 3.63) is 11.6 Å². The fraction of sp³-hybridized carbons (Fsp3) is 0.786. The molecular weight excluding hydrogens is 252 g/mol. The topological polar surface area (TPSA) is 67.1 Å². The zero-order chi connectivity index (χ0) is 14.2. The first-order chi connectivity index (χ1) is 9.85. The molecule has 1 aliphatic heterocycles. The predicted molar refractivity (Wildman–Crippen MR) is 80.7 cm³/mol. The van der Waals surface area contributed by atoms with E-state index in [9.17, 15) is 0 Å². The number of nitrogens with one attached hydrogen (secondary N) is 2. The minimum Gasteiger partial charge on any atom is -0.356 e. The van der Waals surface area contributed by atoms with E-state index < -0.39 is 0 Å². The maximum atomic E-state index is 4.28. The number of rotatable bonds is 6. The van der Waals surface area contributed by atoms with Gasteiger partial charge >= 0.3 is 0 Å². The molecule has 0 radical (unpaired) electrons. The summed E-state index contributed by atoms with van der Waals surface area (Å²) in [5.41, 5.74) is 0. The van der Waals surface area contributed by atoms with Crippen LogP contribution in [0.1, 0.15) is 50.7 Å². The largest absolute Gasteiger partial charge is 0.356 e. The van der Waals surface area contributed by atoms with Crippen molar-refractivity contribution < 1.29 is 0 Å². The van der Waals surface area contributed by atoms with Gasteiger partial charge < -0.3 is 15.2 Å². The molecule has 112 valence electrons. The number of hydrogen-bond donors (Lipinski definition) is 2. The van der Waals surface area contributed by atoms with Crippen LogP contribution in [0.2, 0.25) is 0 Å². The van der Waals surface area contributed by atoms with Crippen LogP contribution in [-0.4, -0.2) is 34.3 Å². The van der Waals surface area contributed by atoms with Crippen LogP contribution >= 0.6 is 0 Å². The van der Waals surface area contributed by atoms with E-state index in [2.05, 4.69) is 37.3 Å². The van der Waals surface area contributed by atoms with Crippen LogP contribution in [0.15, 0.2) is 4.99 Å². The Balaban J connectivity index is 1.80. The summed E-state index contributed by atoms with van der Waals surface area (Å²) in [4.78, 5) is 4.23. The molecule has 1 aromatic heterocycles. The van der Waals surface area contributed by atoms with E-state index in [1.165, 1.54) is 32.1 Å². The lowest BCUT2D eigenvalue weighted by atomic mass is 10.2. The second-order valence-corrected chi connectivity index (χ2v) is 5.20. The number of aryl methyl sites for hydroxylation is 1. The van der Waals surface area contributed by atoms with Crippen LogP contribution in [0.4, 0.5) is 0 Å². The molecule has 6 nitrogen and oxygen atoms in total. The minimum atomic E-state index is 0.681. The van der Waals surface area contributed by atoms with Crippen molar-refractivity contribution >= 4 is 5.96 Å². The van der Waals surface area contributed by atoms with E-state index in [1.54, 1.807) is 7.05 Å². The average Bonchev–Trinajstić information content (AvgIpc) is 2.90. The third kappa shape index (κ3) is 3.95. The molecule has 0 aliphatic carbocycles. The Morgan fingerprint density at radius 2 is 2.15 bits per heavy atom. The summed E-state index contributed by atoms with van der Waals surface area (Å²) < 4.78 is 2.24. The third-order valence-electron chi connectivity index (χ3n) is 3.65. The second kappa shape index (κ2) is 7.87. The molecule has 0 saturated heterocycles. The number of hydrogen-bond acceptors (Lipinski definition) is 3. The standard InChI is InChI=1S/C14H26N6/c1-3-4-6-9-16-14(15-2)17-11-13-19-18-12-8-5-7-10-20(12)13/h3-11H2,1-2H3,(H2,15,16,17). The first-order valence-corrected chi connectivity index (χ1v) is 7.70. The summed E-state index contributed by atoms with van der Waals surface area (Å²) in [6.07, 6.45) is 7.17. The summed E-state index contributed by atoms with van der Waals surface area (Å²) in [6, 6.07) is 0. The summed E-state index contributed by atoms with van der Waals surface area (Å²) in [7, 11) is 1.80. The first kappa shape index (κ1) is 14.8. The summed E-state index contributed by atoms with van der Waals surface area (Å²) in [6.45, 7) is 4.90. The van der Waals surface area contributed by atoms with E-state index in [-0.39, 0.29) is 0 Å². The van der Waals surface area contributed by atoms with Crippen molar-refractivity contribution in [1.82, 2.24) is 25.4 Å². The van der Waals surface area contributed by atoms with E-state index >= 15 is 0 Å². The Morgan fingerprint density at radius 1 is 1.25 bits per heavy atom. The maximum Gasteiger partial charge on any atom is 0.191 e. The van der Waals surface area contributed by atoms with Crippen LogP contribution in [0.5, 0.6) is 0 Å². The summed E-state index contributed by atoms with van der Waals surface area (Å²) in [5.74, 6) is 2.98. The van der Waals surface area contributed by atoms with Gasteiger partial charge in [0.05, 0.1) is 6.54 Å². The second-order valence-electron chi connectivity index (χ2n) is 5.20. The molecule has 0 aromatic carbocycles. The molecule has 0 fully saturated rings. The van der Waals surface area contributed by atoms with Crippen molar-refractivity contribution in [3.8, 4) is 0 Å². The van der Waals surface area contributed by atoms with E-state index in [0.29, 0.717) is 6.54 Å². The van der Waals surface area contributed by atoms with Gasteiger partial charge in [-0.05, 0) is 19.3 Å². The summed E-state index contributed by atoms with van der Waals surface area (Å²) >= 11 is 0. The molecule has 6 heteroatoms. The fourth-order valence-corrected chi connectivity index (χ4v) is 2.46. The Bertz CT molecular complexity index is 437. The van der Waals surface area contributed by atoms with E-state index in [4.69, 9.17) is 0 Å². The van der Waals surface area contributed by atoms with Crippen molar-refractivity contribution in [2.45, 2.75) is 58.5 Å². The molecule has 0 spiro atoms. The zero-order valence-corrected chi connectivity index (χ0v) is 12.7. The quantitative estimate of drug-likeness (QED) is 0.470. The van der Waals surface area contributed by atoms with Gasteiger partial charge in [-0.25, -0.2) is 0 Å². The number of aromatic nitrogens is 3. The van der Waals surface area contributed by atoms with E-state index in [0.717, 1.165) is 37.1 Å². The maximum absolute atomic E-state index is 4.28. The van der Waals surface area contributed by atoms with Gasteiger partial charge in [0.1, 0.15) is 5.82 Å². The molecule has 2 heterocycles. The number of aliphatic imine (C=N–C) groups is 1. The molecule has 1 aromatic rings. The fourth-order valence-electron chi connectivity index (χ4n) is 2.46. The van der Waals surface area contributed by atoms with Gasteiger partial charge in [-0.15, -0.1) is 10.2 Å². The van der Waals surface area contributed by atoms with Crippen molar-refractivity contribution in [2.75, 3.05) is 13.6 Å². The predicted octanol–water partition coefficient (Wildman–Crippen LogP) is 1.47. The molecule has 0 unspecified atom stereocenters. The number of fused-ring (bicyclic) bond motifs is 1. The number of unbranched alkanes of at least 4 members (excludes halogenated alkanes) is 2. The minimum absolute atomic E-state index is 0.681.